The Kier molecular flexibility index (Phi) is 7.17. The van der Waals surface area contributed by atoms with Crippen molar-refractivity contribution in [2.45, 2.75) is 26.2 Å². The number of anilines is 5. The molecular weight excluding hydrogens is 472 g/mol. The van der Waals surface area contributed by atoms with Crippen LogP contribution in [0.4, 0.5) is 34.4 Å². The molecule has 0 bridgehead atoms. The van der Waals surface area contributed by atoms with Crippen LogP contribution in [0.15, 0.2) is 36.5 Å². The molecule has 0 amide bonds. The maximum absolute atomic E-state index is 11.9. The molecule has 3 aromatic rings. The van der Waals surface area contributed by atoms with Gasteiger partial charge < -0.3 is 24.8 Å². The van der Waals surface area contributed by atoms with E-state index in [1.807, 2.05) is 44.1 Å². The Morgan fingerprint density at radius 3 is 2.59 bits per heavy atom. The Morgan fingerprint density at radius 2 is 1.92 bits per heavy atom. The molecule has 0 radical (unpaired) electrons. The Labute approximate surface area is 217 Å². The van der Waals surface area contributed by atoms with Crippen LogP contribution in [0.1, 0.15) is 25.2 Å². The van der Waals surface area contributed by atoms with Crippen LogP contribution in [0.25, 0.3) is 0 Å². The number of pyridine rings is 3. The maximum Gasteiger partial charge on any atom is 0.313 e. The van der Waals surface area contributed by atoms with Gasteiger partial charge in [0.25, 0.3) is 0 Å². The van der Waals surface area contributed by atoms with E-state index in [2.05, 4.69) is 40.1 Å². The number of fused-ring (bicyclic) bond motifs is 1. The molecule has 37 heavy (non-hydrogen) atoms. The van der Waals surface area contributed by atoms with Gasteiger partial charge >= 0.3 is 5.69 Å². The first kappa shape index (κ1) is 26.1. The van der Waals surface area contributed by atoms with Crippen molar-refractivity contribution in [3.05, 3.63) is 58.0 Å². The molecule has 4 rings (SSSR count). The number of nitrogens with zero attached hydrogens (tertiary/aromatic N) is 7. The summed E-state index contributed by atoms with van der Waals surface area (Å²) in [5, 5.41) is 15.1. The van der Waals surface area contributed by atoms with Crippen molar-refractivity contribution in [1.82, 2.24) is 19.9 Å². The molecule has 0 aliphatic carbocycles. The molecule has 1 N–H and O–H groups in total. The highest BCUT2D eigenvalue weighted by atomic mass is 16.6. The molecule has 11 heteroatoms. The highest BCUT2D eigenvalue weighted by molar-refractivity contribution is 5.76. The summed E-state index contributed by atoms with van der Waals surface area (Å²) in [5.74, 6) is 1.01. The van der Waals surface area contributed by atoms with Crippen molar-refractivity contribution in [3.8, 4) is 5.88 Å². The molecule has 11 nitrogen and oxygen atoms in total. The summed E-state index contributed by atoms with van der Waals surface area (Å²) in [6.45, 7) is 8.44. The van der Waals surface area contributed by atoms with Crippen LogP contribution < -0.4 is 19.9 Å². The van der Waals surface area contributed by atoms with E-state index in [-0.39, 0.29) is 22.8 Å². The van der Waals surface area contributed by atoms with Gasteiger partial charge in [-0.3, -0.25) is 15.1 Å². The molecule has 196 valence electrons. The molecule has 0 saturated carbocycles. The van der Waals surface area contributed by atoms with Crippen molar-refractivity contribution in [2.75, 3.05) is 63.0 Å². The Bertz CT molecular complexity index is 1310. The fourth-order valence-corrected chi connectivity index (χ4v) is 4.44. The molecule has 0 saturated heterocycles. The van der Waals surface area contributed by atoms with Crippen molar-refractivity contribution < 1.29 is 9.66 Å². The van der Waals surface area contributed by atoms with Gasteiger partial charge in [-0.1, -0.05) is 13.8 Å². The van der Waals surface area contributed by atoms with Gasteiger partial charge in [0.05, 0.1) is 23.4 Å². The predicted molar refractivity (Wildman–Crippen MR) is 146 cm³/mol. The quantitative estimate of drug-likeness (QED) is 0.333. The van der Waals surface area contributed by atoms with Crippen LogP contribution in [0.3, 0.4) is 0 Å². The second kappa shape index (κ2) is 10.2. The molecule has 0 fully saturated rings. The van der Waals surface area contributed by atoms with Gasteiger partial charge in [0, 0.05) is 61.8 Å². The maximum atomic E-state index is 11.9. The average molecular weight is 507 g/mol. The minimum atomic E-state index is -0.429. The zero-order valence-electron chi connectivity index (χ0n) is 22.4. The van der Waals surface area contributed by atoms with Crippen LogP contribution in [0.5, 0.6) is 5.88 Å². The van der Waals surface area contributed by atoms with E-state index < -0.39 is 4.92 Å². The number of hydrogen-bond acceptors (Lipinski definition) is 10. The van der Waals surface area contributed by atoms with Gasteiger partial charge in [-0.15, -0.1) is 0 Å². The molecule has 0 spiro atoms. The second-order valence-electron chi connectivity index (χ2n) is 10.2. The third-order valence-corrected chi connectivity index (χ3v) is 6.40. The topological polar surface area (TPSA) is 113 Å². The van der Waals surface area contributed by atoms with Gasteiger partial charge in [-0.25, -0.2) is 4.98 Å². The third-order valence-electron chi connectivity index (χ3n) is 6.40. The largest absolute Gasteiger partial charge is 0.479 e. The first-order valence-corrected chi connectivity index (χ1v) is 12.1. The third kappa shape index (κ3) is 5.41. The first-order valence-electron chi connectivity index (χ1n) is 12.1. The molecule has 1 aliphatic heterocycles. The standard InChI is InChI=1S/C26H34N8O3/c1-17-8-9-20-23(28-17)26(2,3)16-33(20)18-10-11-27-22(14-18)29-19-15-21(34(35)36)24(30-25(19)37-7)32(6)13-12-31(4)5/h8-11,14-15H,12-13,16H2,1-7H3,(H,27,29). The lowest BCUT2D eigenvalue weighted by atomic mass is 9.91. The molecule has 4 heterocycles. The van der Waals surface area contributed by atoms with Crippen LogP contribution in [-0.4, -0.2) is 72.7 Å². The normalized spacial score (nSPS) is 14.0. The molecule has 0 unspecified atom stereocenters. The molecule has 0 atom stereocenters. The Hall–Kier alpha value is -3.99. The van der Waals surface area contributed by atoms with Crippen molar-refractivity contribution in [1.29, 1.82) is 0 Å². The number of methoxy groups -OCH3 is 1. The molecular formula is C26H34N8O3. The van der Waals surface area contributed by atoms with Gasteiger partial charge in [-0.05, 0) is 39.2 Å². The summed E-state index contributed by atoms with van der Waals surface area (Å²) in [5.41, 5.74) is 4.20. The van der Waals surface area contributed by atoms with E-state index in [0.717, 1.165) is 35.9 Å². The van der Waals surface area contributed by atoms with Crippen molar-refractivity contribution in [2.24, 2.45) is 0 Å². The number of likely N-dealkylation sites (N-methyl/N-ethyl adjacent to an activating group) is 2. The smallest absolute Gasteiger partial charge is 0.313 e. The lowest BCUT2D eigenvalue weighted by Crippen LogP contribution is -2.29. The number of rotatable bonds is 9. The fraction of sp³-hybridized carbons (Fsp3) is 0.423. The van der Waals surface area contributed by atoms with Gasteiger partial charge in [-0.2, -0.15) is 4.98 Å². The van der Waals surface area contributed by atoms with Crippen LogP contribution in [0, 0.1) is 17.0 Å². The zero-order valence-corrected chi connectivity index (χ0v) is 22.4. The van der Waals surface area contributed by atoms with E-state index in [4.69, 9.17) is 9.72 Å². The van der Waals surface area contributed by atoms with Crippen LogP contribution in [0.2, 0.25) is 0 Å². The lowest BCUT2D eigenvalue weighted by molar-refractivity contribution is -0.384. The average Bonchev–Trinajstić information content (AvgIpc) is 3.12. The number of nitro groups is 1. The summed E-state index contributed by atoms with van der Waals surface area (Å²) in [6, 6.07) is 9.41. The number of aryl methyl sites for hydroxylation is 1. The summed E-state index contributed by atoms with van der Waals surface area (Å²) in [7, 11) is 7.17. The van der Waals surface area contributed by atoms with Crippen LogP contribution >= 0.6 is 0 Å². The number of nitrogens with one attached hydrogen (secondary N) is 1. The summed E-state index contributed by atoms with van der Waals surface area (Å²) < 4.78 is 5.50. The predicted octanol–water partition coefficient (Wildman–Crippen LogP) is 4.27. The fourth-order valence-electron chi connectivity index (χ4n) is 4.44. The highest BCUT2D eigenvalue weighted by Gasteiger charge is 2.37. The number of ether oxygens (including phenoxy) is 1. The van der Waals surface area contributed by atoms with E-state index in [1.165, 1.54) is 13.2 Å². The SMILES string of the molecule is COc1nc(N(C)CCN(C)C)c([N+](=O)[O-])cc1Nc1cc(N2CC(C)(C)c3nc(C)ccc32)ccn1. The number of aromatic nitrogens is 3. The highest BCUT2D eigenvalue weighted by Crippen LogP contribution is 2.44. The van der Waals surface area contributed by atoms with Crippen molar-refractivity contribution in [3.63, 3.8) is 0 Å². The monoisotopic (exact) mass is 506 g/mol. The first-order chi connectivity index (χ1) is 17.5. The minimum absolute atomic E-state index is 0.111. The Balaban J connectivity index is 1.66. The zero-order chi connectivity index (χ0) is 26.9. The number of hydrogen-bond donors (Lipinski definition) is 1. The molecule has 1 aliphatic rings. The van der Waals surface area contributed by atoms with Gasteiger partial charge in [0.2, 0.25) is 11.7 Å². The molecule has 0 aromatic carbocycles. The van der Waals surface area contributed by atoms with E-state index in [9.17, 15) is 10.1 Å². The summed E-state index contributed by atoms with van der Waals surface area (Å²) >= 11 is 0. The summed E-state index contributed by atoms with van der Waals surface area (Å²) in [6.07, 6.45) is 1.71. The van der Waals surface area contributed by atoms with Crippen LogP contribution in [-0.2, 0) is 5.41 Å². The minimum Gasteiger partial charge on any atom is -0.479 e. The lowest BCUT2D eigenvalue weighted by Gasteiger charge is -2.23. The van der Waals surface area contributed by atoms with Crippen molar-refractivity contribution >= 4 is 34.4 Å². The summed E-state index contributed by atoms with van der Waals surface area (Å²) in [4.78, 5) is 31.2. The van der Waals surface area contributed by atoms with E-state index in [1.54, 1.807) is 18.1 Å². The molecule has 3 aromatic heterocycles. The second-order valence-corrected chi connectivity index (χ2v) is 10.2. The van der Waals surface area contributed by atoms with E-state index in [0.29, 0.717) is 18.1 Å². The van der Waals surface area contributed by atoms with E-state index >= 15 is 0 Å². The Morgan fingerprint density at radius 1 is 1.16 bits per heavy atom. The van der Waals surface area contributed by atoms with Gasteiger partial charge in [0.15, 0.2) is 0 Å². The van der Waals surface area contributed by atoms with Gasteiger partial charge in [0.1, 0.15) is 11.5 Å².